The van der Waals surface area contributed by atoms with E-state index in [0.29, 0.717) is 21.5 Å². The molecule has 11 heteroatoms. The molecule has 0 aliphatic rings. The van der Waals surface area contributed by atoms with E-state index in [1.54, 1.807) is 22.3 Å². The first-order valence-electron chi connectivity index (χ1n) is 9.32. The summed E-state index contributed by atoms with van der Waals surface area (Å²) in [5.41, 5.74) is 1.96. The number of amides is 1. The summed E-state index contributed by atoms with van der Waals surface area (Å²) in [6, 6.07) is 12.7. The van der Waals surface area contributed by atoms with Crippen molar-refractivity contribution in [3.8, 4) is 16.9 Å². The molecule has 0 spiro atoms. The van der Waals surface area contributed by atoms with Crippen molar-refractivity contribution in [2.24, 2.45) is 0 Å². The van der Waals surface area contributed by atoms with E-state index < -0.39 is 11.7 Å². The number of anilines is 1. The number of nitrogens with zero attached hydrogens (tertiary/aromatic N) is 4. The summed E-state index contributed by atoms with van der Waals surface area (Å²) in [6.45, 7) is 1.99. The van der Waals surface area contributed by atoms with Crippen LogP contribution in [0.1, 0.15) is 11.1 Å². The van der Waals surface area contributed by atoms with Gasteiger partial charge in [0.2, 0.25) is 5.91 Å². The number of thioether (sulfide) groups is 1. The molecule has 0 saturated heterocycles. The Hall–Kier alpha value is -3.18. The van der Waals surface area contributed by atoms with E-state index in [1.165, 1.54) is 17.8 Å². The topological polar surface area (TPSA) is 72.7 Å². The van der Waals surface area contributed by atoms with Gasteiger partial charge in [0, 0.05) is 16.6 Å². The fraction of sp³-hybridized carbons (Fsp3) is 0.143. The minimum atomic E-state index is -4.43. The smallest absolute Gasteiger partial charge is 0.301 e. The van der Waals surface area contributed by atoms with Gasteiger partial charge in [0.15, 0.2) is 10.3 Å². The maximum Gasteiger partial charge on any atom is 0.416 e. The van der Waals surface area contributed by atoms with E-state index in [4.69, 9.17) is 0 Å². The van der Waals surface area contributed by atoms with Gasteiger partial charge < -0.3 is 5.32 Å². The molecule has 0 aliphatic heterocycles. The predicted molar refractivity (Wildman–Crippen MR) is 118 cm³/mol. The van der Waals surface area contributed by atoms with E-state index in [1.807, 2.05) is 31.2 Å². The Kier molecular flexibility index (Phi) is 6.28. The second-order valence-corrected chi connectivity index (χ2v) is 8.57. The number of benzene rings is 2. The Morgan fingerprint density at radius 2 is 1.97 bits per heavy atom. The van der Waals surface area contributed by atoms with Crippen LogP contribution in [0.3, 0.4) is 0 Å². The van der Waals surface area contributed by atoms with Crippen LogP contribution < -0.4 is 5.32 Å². The third-order valence-electron chi connectivity index (χ3n) is 4.40. The van der Waals surface area contributed by atoms with Crippen molar-refractivity contribution in [1.29, 1.82) is 0 Å². The number of alkyl halides is 3. The molecule has 2 aromatic heterocycles. The molecule has 164 valence electrons. The molecule has 1 N–H and O–H groups in total. The number of nitrogens with one attached hydrogen (secondary N) is 1. The van der Waals surface area contributed by atoms with Crippen molar-refractivity contribution in [2.75, 3.05) is 11.1 Å². The summed E-state index contributed by atoms with van der Waals surface area (Å²) in [5, 5.41) is 13.1. The molecular weight excluding hydrogens is 459 g/mol. The molecule has 4 rings (SSSR count). The quantitative estimate of drug-likeness (QED) is 0.376. The highest BCUT2D eigenvalue weighted by molar-refractivity contribution is 7.99. The van der Waals surface area contributed by atoms with Crippen molar-refractivity contribution in [1.82, 2.24) is 19.7 Å². The lowest BCUT2D eigenvalue weighted by Gasteiger charge is -2.07. The lowest BCUT2D eigenvalue weighted by atomic mass is 10.1. The number of aromatic nitrogens is 4. The molecule has 32 heavy (non-hydrogen) atoms. The standard InChI is InChI=1S/C21H16F3N5OS2/c1-13-5-7-16(8-6-13)29-12-25-28-20(29)32-11-18(30)27-19-26-17(10-31-19)14-3-2-4-15(9-14)21(22,23)24/h2-10,12H,11H2,1H3,(H,26,27,30). The molecule has 0 bridgehead atoms. The van der Waals surface area contributed by atoms with Gasteiger partial charge in [-0.15, -0.1) is 21.5 Å². The lowest BCUT2D eigenvalue weighted by Crippen LogP contribution is -2.14. The molecule has 0 aliphatic carbocycles. The lowest BCUT2D eigenvalue weighted by molar-refractivity contribution is -0.137. The van der Waals surface area contributed by atoms with Crippen LogP contribution in [0.2, 0.25) is 0 Å². The van der Waals surface area contributed by atoms with E-state index in [-0.39, 0.29) is 11.7 Å². The first-order valence-corrected chi connectivity index (χ1v) is 11.2. The fourth-order valence-electron chi connectivity index (χ4n) is 2.81. The second kappa shape index (κ2) is 9.13. The third kappa shape index (κ3) is 5.17. The first-order chi connectivity index (χ1) is 15.3. The highest BCUT2D eigenvalue weighted by Gasteiger charge is 2.30. The highest BCUT2D eigenvalue weighted by Crippen LogP contribution is 2.33. The van der Waals surface area contributed by atoms with Crippen molar-refractivity contribution in [2.45, 2.75) is 18.3 Å². The number of hydrogen-bond acceptors (Lipinski definition) is 6. The number of thiazole rings is 1. The Bertz CT molecular complexity index is 1230. The van der Waals surface area contributed by atoms with Gasteiger partial charge in [0.25, 0.3) is 0 Å². The Morgan fingerprint density at radius 3 is 2.72 bits per heavy atom. The Balaban J connectivity index is 1.39. The molecule has 2 heterocycles. The number of carbonyl (C=O) groups excluding carboxylic acids is 1. The average molecular weight is 476 g/mol. The van der Waals surface area contributed by atoms with E-state index >= 15 is 0 Å². The molecule has 4 aromatic rings. The normalized spacial score (nSPS) is 11.5. The number of hydrogen-bond donors (Lipinski definition) is 1. The zero-order valence-electron chi connectivity index (χ0n) is 16.6. The molecule has 0 atom stereocenters. The zero-order valence-corrected chi connectivity index (χ0v) is 18.3. The Morgan fingerprint density at radius 1 is 1.19 bits per heavy atom. The van der Waals surface area contributed by atoms with E-state index in [0.717, 1.165) is 34.7 Å². The maximum absolute atomic E-state index is 12.9. The summed E-state index contributed by atoms with van der Waals surface area (Å²) in [6.07, 6.45) is -2.85. The molecule has 0 radical (unpaired) electrons. The van der Waals surface area contributed by atoms with E-state index in [9.17, 15) is 18.0 Å². The number of aryl methyl sites for hydroxylation is 1. The van der Waals surface area contributed by atoms with Crippen LogP contribution in [0.4, 0.5) is 18.3 Å². The first kappa shape index (κ1) is 22.0. The Labute approximate surface area is 189 Å². The van der Waals surface area contributed by atoms with Gasteiger partial charge in [0.05, 0.1) is 17.0 Å². The van der Waals surface area contributed by atoms with Crippen LogP contribution in [0.15, 0.2) is 65.4 Å². The van der Waals surface area contributed by atoms with Gasteiger partial charge in [-0.1, -0.05) is 41.6 Å². The third-order valence-corrected chi connectivity index (χ3v) is 6.10. The van der Waals surface area contributed by atoms with Crippen LogP contribution in [-0.2, 0) is 11.0 Å². The summed E-state index contributed by atoms with van der Waals surface area (Å²) >= 11 is 2.36. The van der Waals surface area contributed by atoms with E-state index in [2.05, 4.69) is 20.5 Å². The summed E-state index contributed by atoms with van der Waals surface area (Å²) < 4.78 is 40.6. The summed E-state index contributed by atoms with van der Waals surface area (Å²) in [7, 11) is 0. The molecule has 0 fully saturated rings. The van der Waals surface area contributed by atoms with Crippen LogP contribution in [0.25, 0.3) is 16.9 Å². The highest BCUT2D eigenvalue weighted by atomic mass is 32.2. The SMILES string of the molecule is Cc1ccc(-n2cnnc2SCC(=O)Nc2nc(-c3cccc(C(F)(F)F)c3)cs2)cc1. The van der Waals surface area contributed by atoms with Gasteiger partial charge in [-0.05, 0) is 31.2 Å². The van der Waals surface area contributed by atoms with Gasteiger partial charge in [-0.2, -0.15) is 13.2 Å². The van der Waals surface area contributed by atoms with Gasteiger partial charge in [-0.25, -0.2) is 4.98 Å². The fourth-order valence-corrected chi connectivity index (χ4v) is 4.27. The van der Waals surface area contributed by atoms with Crippen molar-refractivity contribution >= 4 is 34.1 Å². The monoisotopic (exact) mass is 475 g/mol. The van der Waals surface area contributed by atoms with Crippen molar-refractivity contribution < 1.29 is 18.0 Å². The largest absolute Gasteiger partial charge is 0.416 e. The van der Waals surface area contributed by atoms with Gasteiger partial charge in [0.1, 0.15) is 6.33 Å². The molecule has 0 saturated carbocycles. The number of carbonyl (C=O) groups is 1. The molecule has 2 aromatic carbocycles. The van der Waals surface area contributed by atoms with Crippen LogP contribution in [0.5, 0.6) is 0 Å². The van der Waals surface area contributed by atoms with Gasteiger partial charge in [-0.3, -0.25) is 9.36 Å². The van der Waals surface area contributed by atoms with Crippen molar-refractivity contribution in [3.63, 3.8) is 0 Å². The summed E-state index contributed by atoms with van der Waals surface area (Å²) in [5.74, 6) is -0.235. The molecule has 6 nitrogen and oxygen atoms in total. The molecule has 0 unspecified atom stereocenters. The number of rotatable bonds is 6. The van der Waals surface area contributed by atoms with Crippen LogP contribution in [0, 0.1) is 6.92 Å². The number of halogens is 3. The zero-order chi connectivity index (χ0) is 22.7. The minimum absolute atomic E-state index is 0.0724. The minimum Gasteiger partial charge on any atom is -0.301 e. The maximum atomic E-state index is 12.9. The second-order valence-electron chi connectivity index (χ2n) is 6.77. The molecule has 1 amide bonds. The van der Waals surface area contributed by atoms with Crippen molar-refractivity contribution in [3.05, 3.63) is 71.4 Å². The molecular formula is C21H16F3N5OS2. The average Bonchev–Trinajstić information content (AvgIpc) is 3.42. The van der Waals surface area contributed by atoms with Crippen LogP contribution >= 0.6 is 23.1 Å². The van der Waals surface area contributed by atoms with Gasteiger partial charge >= 0.3 is 6.18 Å². The van der Waals surface area contributed by atoms with Crippen LogP contribution in [-0.4, -0.2) is 31.4 Å². The predicted octanol–water partition coefficient (Wildman–Crippen LogP) is 5.45. The summed E-state index contributed by atoms with van der Waals surface area (Å²) in [4.78, 5) is 16.6.